The van der Waals surface area contributed by atoms with Crippen LogP contribution in [-0.4, -0.2) is 30.8 Å². The third-order valence-corrected chi connectivity index (χ3v) is 2.77. The molecule has 2 N–H and O–H groups in total. The van der Waals surface area contributed by atoms with E-state index in [1.807, 2.05) is 0 Å². The molecule has 0 aliphatic carbocycles. The maximum atomic E-state index is 11.3. The van der Waals surface area contributed by atoms with Gasteiger partial charge in [0.15, 0.2) is 0 Å². The van der Waals surface area contributed by atoms with Crippen molar-refractivity contribution in [1.29, 1.82) is 0 Å². The second-order valence-electron chi connectivity index (χ2n) is 4.42. The van der Waals surface area contributed by atoms with Gasteiger partial charge in [-0.25, -0.2) is 0 Å². The highest BCUT2D eigenvalue weighted by Gasteiger charge is 1.98. The lowest BCUT2D eigenvalue weighted by atomic mass is 10.3. The van der Waals surface area contributed by atoms with Crippen LogP contribution in [0.4, 0.5) is 5.69 Å². The minimum Gasteiger partial charge on any atom is -0.481 e. The average molecular weight is 323 g/mol. The normalized spacial score (nSPS) is 9.36. The molecule has 6 heteroatoms. The van der Waals surface area contributed by atoms with E-state index in [1.54, 1.807) is 24.3 Å². The van der Waals surface area contributed by atoms with Crippen molar-refractivity contribution < 1.29 is 14.3 Å². The van der Waals surface area contributed by atoms with Crippen LogP contribution < -0.4 is 15.4 Å². The zero-order valence-electron chi connectivity index (χ0n) is 12.4. The van der Waals surface area contributed by atoms with Crippen molar-refractivity contribution in [2.24, 2.45) is 0 Å². The summed E-state index contributed by atoms with van der Waals surface area (Å²) in [6.07, 6.45) is 1.08. The topological polar surface area (TPSA) is 67.4 Å². The van der Waals surface area contributed by atoms with Crippen LogP contribution in [0.25, 0.3) is 0 Å². The smallest absolute Gasteiger partial charge is 0.221 e. The molecule has 0 unspecified atom stereocenters. The number of carbonyl (C=O) groups is 2. The fourth-order valence-corrected chi connectivity index (χ4v) is 1.69. The number of hydrogen-bond donors (Lipinski definition) is 2. The van der Waals surface area contributed by atoms with E-state index in [1.165, 1.54) is 6.92 Å². The summed E-state index contributed by atoms with van der Waals surface area (Å²) in [5.74, 6) is 6.51. The number of ether oxygens (including phenoxy) is 1. The molecule has 0 radical (unpaired) electrons. The zero-order chi connectivity index (χ0) is 16.2. The predicted molar refractivity (Wildman–Crippen MR) is 87.0 cm³/mol. The van der Waals surface area contributed by atoms with E-state index >= 15 is 0 Å². The number of anilines is 1. The Balaban J connectivity index is 2.28. The largest absolute Gasteiger partial charge is 0.481 e. The molecule has 1 rings (SSSR count). The number of halogens is 1. The first-order valence-electron chi connectivity index (χ1n) is 6.90. The summed E-state index contributed by atoms with van der Waals surface area (Å²) in [5.41, 5.74) is 0.671. The highest BCUT2D eigenvalue weighted by Crippen LogP contribution is 2.16. The Morgan fingerprint density at radius 2 is 2.14 bits per heavy atom. The molecular weight excluding hydrogens is 304 g/mol. The van der Waals surface area contributed by atoms with Gasteiger partial charge in [-0.05, 0) is 18.6 Å². The molecule has 0 aromatic heterocycles. The molecule has 1 aromatic carbocycles. The minimum absolute atomic E-state index is 0.0566. The summed E-state index contributed by atoms with van der Waals surface area (Å²) in [5, 5.41) is 5.35. The van der Waals surface area contributed by atoms with Gasteiger partial charge < -0.3 is 15.4 Å². The van der Waals surface area contributed by atoms with E-state index in [-0.39, 0.29) is 25.0 Å². The van der Waals surface area contributed by atoms with Crippen molar-refractivity contribution in [1.82, 2.24) is 5.32 Å². The molecule has 22 heavy (non-hydrogen) atoms. The van der Waals surface area contributed by atoms with E-state index in [9.17, 15) is 9.59 Å². The van der Waals surface area contributed by atoms with E-state index in [0.29, 0.717) is 30.2 Å². The van der Waals surface area contributed by atoms with Gasteiger partial charge in [-0.1, -0.05) is 17.9 Å². The SMILES string of the molecule is CC(=O)Nc1cccc(OCC#CCNC(=O)CCCCl)c1. The van der Waals surface area contributed by atoms with Gasteiger partial charge in [-0.15, -0.1) is 11.6 Å². The quantitative estimate of drug-likeness (QED) is 0.597. The first-order valence-corrected chi connectivity index (χ1v) is 7.44. The van der Waals surface area contributed by atoms with Crippen molar-refractivity contribution in [2.75, 3.05) is 24.3 Å². The lowest BCUT2D eigenvalue weighted by Gasteiger charge is -2.05. The molecule has 2 amide bonds. The van der Waals surface area contributed by atoms with Gasteiger partial charge >= 0.3 is 0 Å². The summed E-state index contributed by atoms with van der Waals surface area (Å²) in [6.45, 7) is 1.94. The summed E-state index contributed by atoms with van der Waals surface area (Å²) in [4.78, 5) is 22.2. The molecule has 0 saturated carbocycles. The second kappa shape index (κ2) is 10.5. The van der Waals surface area contributed by atoms with Crippen LogP contribution in [0, 0.1) is 11.8 Å². The minimum atomic E-state index is -0.137. The molecular formula is C16H19ClN2O3. The van der Waals surface area contributed by atoms with Crippen LogP contribution in [0.1, 0.15) is 19.8 Å². The standard InChI is InChI=1S/C16H19ClN2O3/c1-13(20)19-14-6-4-7-15(12-14)22-11-3-2-10-18-16(21)8-5-9-17/h4,6-7,12H,5,8-11H2,1H3,(H,18,21)(H,19,20). The Morgan fingerprint density at radius 3 is 2.86 bits per heavy atom. The number of rotatable bonds is 7. The summed E-state index contributed by atoms with van der Waals surface area (Å²) >= 11 is 5.50. The van der Waals surface area contributed by atoms with Crippen molar-refractivity contribution in [3.63, 3.8) is 0 Å². The molecule has 5 nitrogen and oxygen atoms in total. The first kappa shape index (κ1) is 17.9. The first-order chi connectivity index (χ1) is 10.6. The summed E-state index contributed by atoms with van der Waals surface area (Å²) < 4.78 is 5.45. The fraction of sp³-hybridized carbons (Fsp3) is 0.375. The van der Waals surface area contributed by atoms with Crippen LogP contribution >= 0.6 is 11.6 Å². The van der Waals surface area contributed by atoms with Gasteiger partial charge in [0.2, 0.25) is 11.8 Å². The number of hydrogen-bond acceptors (Lipinski definition) is 3. The lowest BCUT2D eigenvalue weighted by molar-refractivity contribution is -0.120. The highest BCUT2D eigenvalue weighted by atomic mass is 35.5. The third kappa shape index (κ3) is 8.18. The van der Waals surface area contributed by atoms with Crippen LogP contribution in [0.5, 0.6) is 5.75 Å². The molecule has 118 valence electrons. The second-order valence-corrected chi connectivity index (χ2v) is 4.80. The van der Waals surface area contributed by atoms with Crippen molar-refractivity contribution in [2.45, 2.75) is 19.8 Å². The molecule has 0 aliphatic rings. The maximum Gasteiger partial charge on any atom is 0.221 e. The van der Waals surface area contributed by atoms with Crippen LogP contribution in [0.2, 0.25) is 0 Å². The van der Waals surface area contributed by atoms with Gasteiger partial charge in [-0.2, -0.15) is 0 Å². The predicted octanol–water partition coefficient (Wildman–Crippen LogP) is 2.16. The van der Waals surface area contributed by atoms with E-state index < -0.39 is 0 Å². The third-order valence-electron chi connectivity index (χ3n) is 2.50. The van der Waals surface area contributed by atoms with Crippen molar-refractivity contribution in [3.8, 4) is 17.6 Å². The molecule has 0 saturated heterocycles. The van der Waals surface area contributed by atoms with E-state index in [4.69, 9.17) is 16.3 Å². The van der Waals surface area contributed by atoms with Crippen LogP contribution in [0.3, 0.4) is 0 Å². The summed E-state index contributed by atoms with van der Waals surface area (Å²) in [6, 6.07) is 7.05. The Bertz CT molecular complexity index is 564. The van der Waals surface area contributed by atoms with Gasteiger partial charge in [0.25, 0.3) is 0 Å². The molecule has 0 bridgehead atoms. The molecule has 0 fully saturated rings. The number of benzene rings is 1. The molecule has 0 aliphatic heterocycles. The van der Waals surface area contributed by atoms with Crippen LogP contribution in [0.15, 0.2) is 24.3 Å². The maximum absolute atomic E-state index is 11.3. The Hall–Kier alpha value is -2.19. The monoisotopic (exact) mass is 322 g/mol. The van der Waals surface area contributed by atoms with Crippen molar-refractivity contribution in [3.05, 3.63) is 24.3 Å². The highest BCUT2D eigenvalue weighted by molar-refractivity contribution is 6.17. The van der Waals surface area contributed by atoms with Gasteiger partial charge in [0, 0.05) is 31.0 Å². The molecule has 0 spiro atoms. The van der Waals surface area contributed by atoms with Crippen molar-refractivity contribution >= 4 is 29.1 Å². The Morgan fingerprint density at radius 1 is 1.32 bits per heavy atom. The molecule has 0 heterocycles. The number of alkyl halides is 1. The van der Waals surface area contributed by atoms with Gasteiger partial charge in [0.05, 0.1) is 6.54 Å². The van der Waals surface area contributed by atoms with E-state index in [0.717, 1.165) is 0 Å². The van der Waals surface area contributed by atoms with Gasteiger partial charge in [-0.3, -0.25) is 9.59 Å². The zero-order valence-corrected chi connectivity index (χ0v) is 13.2. The fourth-order valence-electron chi connectivity index (χ4n) is 1.56. The summed E-state index contributed by atoms with van der Waals surface area (Å²) in [7, 11) is 0. The number of amides is 2. The number of carbonyl (C=O) groups excluding carboxylic acids is 2. The lowest BCUT2D eigenvalue weighted by Crippen LogP contribution is -2.23. The molecule has 0 atom stereocenters. The van der Waals surface area contributed by atoms with Crippen LogP contribution in [-0.2, 0) is 9.59 Å². The molecule has 1 aromatic rings. The Kier molecular flexibility index (Phi) is 8.54. The van der Waals surface area contributed by atoms with E-state index in [2.05, 4.69) is 22.5 Å². The average Bonchev–Trinajstić information content (AvgIpc) is 2.48. The Labute approximate surface area is 135 Å². The number of nitrogens with one attached hydrogen (secondary N) is 2. The van der Waals surface area contributed by atoms with Gasteiger partial charge in [0.1, 0.15) is 12.4 Å².